The lowest BCUT2D eigenvalue weighted by Gasteiger charge is -2.03. The lowest BCUT2D eigenvalue weighted by molar-refractivity contribution is -0.122. The number of carbonyl (C=O) groups excluding carboxylic acids is 1. The van der Waals surface area contributed by atoms with Crippen LogP contribution in [-0.4, -0.2) is 15.7 Å². The summed E-state index contributed by atoms with van der Waals surface area (Å²) < 4.78 is 1.66. The number of nitrogens with one attached hydrogen (secondary N) is 1. The van der Waals surface area contributed by atoms with Crippen LogP contribution in [0.15, 0.2) is 46.6 Å². The van der Waals surface area contributed by atoms with Crippen molar-refractivity contribution in [3.8, 4) is 11.3 Å². The molecule has 3 aromatic heterocycles. The molecule has 0 spiro atoms. The van der Waals surface area contributed by atoms with Gasteiger partial charge in [-0.1, -0.05) is 6.07 Å². The molecule has 1 amide bonds. The Morgan fingerprint density at radius 2 is 2.25 bits per heavy atom. The monoisotopic (exact) mass is 303 g/mol. The first-order valence-electron chi connectivity index (χ1n) is 6.16. The fourth-order valence-corrected chi connectivity index (χ4v) is 3.11. The Kier molecular flexibility index (Phi) is 3.94. The van der Waals surface area contributed by atoms with Crippen molar-refractivity contribution in [3.05, 3.63) is 51.5 Å². The number of hydrogen-bond acceptors (Lipinski definition) is 4. The molecule has 0 radical (unpaired) electrons. The van der Waals surface area contributed by atoms with E-state index >= 15 is 0 Å². The topological polar surface area (TPSA) is 46.9 Å². The number of aromatic nitrogens is 2. The number of carbonyl (C=O) groups is 1. The van der Waals surface area contributed by atoms with E-state index in [0.29, 0.717) is 6.54 Å². The van der Waals surface area contributed by atoms with Gasteiger partial charge in [-0.25, -0.2) is 0 Å². The van der Waals surface area contributed by atoms with Crippen molar-refractivity contribution >= 4 is 28.6 Å². The second kappa shape index (κ2) is 6.02. The van der Waals surface area contributed by atoms with Gasteiger partial charge in [0.15, 0.2) is 0 Å². The quantitative estimate of drug-likeness (QED) is 0.787. The van der Waals surface area contributed by atoms with Gasteiger partial charge in [0.05, 0.1) is 12.2 Å². The van der Waals surface area contributed by atoms with Gasteiger partial charge < -0.3 is 5.32 Å². The second-order valence-electron chi connectivity index (χ2n) is 4.27. The minimum Gasteiger partial charge on any atom is -0.350 e. The molecule has 0 aliphatic carbocycles. The maximum atomic E-state index is 11.8. The van der Waals surface area contributed by atoms with Crippen LogP contribution < -0.4 is 5.32 Å². The third-order valence-electron chi connectivity index (χ3n) is 2.80. The summed E-state index contributed by atoms with van der Waals surface area (Å²) in [5.41, 5.74) is 1.99. The van der Waals surface area contributed by atoms with E-state index in [1.54, 1.807) is 27.4 Å². The van der Waals surface area contributed by atoms with Crippen LogP contribution in [0.1, 0.15) is 4.88 Å². The summed E-state index contributed by atoms with van der Waals surface area (Å²) in [6, 6.07) is 7.93. The summed E-state index contributed by atoms with van der Waals surface area (Å²) in [4.78, 5) is 13.0. The molecule has 3 aromatic rings. The van der Waals surface area contributed by atoms with Crippen molar-refractivity contribution in [2.24, 2.45) is 0 Å². The molecule has 0 aliphatic rings. The normalized spacial score (nSPS) is 10.6. The largest absolute Gasteiger partial charge is 0.350 e. The lowest BCUT2D eigenvalue weighted by atomic mass is 10.2. The Morgan fingerprint density at radius 3 is 3.00 bits per heavy atom. The first-order chi connectivity index (χ1) is 9.81. The summed E-state index contributed by atoms with van der Waals surface area (Å²) in [6.45, 7) is 0.824. The second-order valence-corrected chi connectivity index (χ2v) is 6.08. The SMILES string of the molecule is O=C(Cn1ccc(-c2ccsc2)n1)NCc1cccs1. The minimum absolute atomic E-state index is 0.0293. The zero-order valence-corrected chi connectivity index (χ0v) is 12.3. The molecule has 0 atom stereocenters. The van der Waals surface area contributed by atoms with Gasteiger partial charge in [0.2, 0.25) is 5.91 Å². The van der Waals surface area contributed by atoms with Crippen LogP contribution in [0, 0.1) is 0 Å². The van der Waals surface area contributed by atoms with Crippen LogP contribution >= 0.6 is 22.7 Å². The number of thiophene rings is 2. The molecule has 4 nitrogen and oxygen atoms in total. The predicted octanol–water partition coefficient (Wildman–Crippen LogP) is 2.99. The standard InChI is InChI=1S/C14H13N3OS2/c18-14(15-8-12-2-1-6-20-12)9-17-5-3-13(16-17)11-4-7-19-10-11/h1-7,10H,8-9H2,(H,15,18). The first-order valence-corrected chi connectivity index (χ1v) is 7.98. The summed E-state index contributed by atoms with van der Waals surface area (Å²) in [7, 11) is 0. The van der Waals surface area contributed by atoms with Gasteiger partial charge in [0.25, 0.3) is 0 Å². The highest BCUT2D eigenvalue weighted by Crippen LogP contribution is 2.19. The summed E-state index contributed by atoms with van der Waals surface area (Å²) in [5.74, 6) is -0.0293. The average Bonchev–Trinajstić information content (AvgIpc) is 3.18. The fourth-order valence-electron chi connectivity index (χ4n) is 1.82. The maximum absolute atomic E-state index is 11.8. The molecule has 0 saturated carbocycles. The zero-order chi connectivity index (χ0) is 13.8. The molecular formula is C14H13N3OS2. The molecule has 3 heterocycles. The van der Waals surface area contributed by atoms with Crippen LogP contribution in [0.25, 0.3) is 11.3 Å². The van der Waals surface area contributed by atoms with Crippen LogP contribution in [0.4, 0.5) is 0 Å². The number of amides is 1. The molecule has 0 aromatic carbocycles. The maximum Gasteiger partial charge on any atom is 0.242 e. The van der Waals surface area contributed by atoms with Crippen LogP contribution in [0.5, 0.6) is 0 Å². The first kappa shape index (κ1) is 13.1. The minimum atomic E-state index is -0.0293. The van der Waals surface area contributed by atoms with E-state index in [4.69, 9.17) is 0 Å². The third kappa shape index (κ3) is 3.15. The lowest BCUT2D eigenvalue weighted by Crippen LogP contribution is -2.26. The van der Waals surface area contributed by atoms with E-state index in [0.717, 1.165) is 16.1 Å². The van der Waals surface area contributed by atoms with E-state index in [-0.39, 0.29) is 12.5 Å². The number of hydrogen-bond donors (Lipinski definition) is 1. The zero-order valence-electron chi connectivity index (χ0n) is 10.7. The van der Waals surface area contributed by atoms with Gasteiger partial charge in [-0.05, 0) is 29.0 Å². The van der Waals surface area contributed by atoms with Crippen molar-refractivity contribution in [1.82, 2.24) is 15.1 Å². The van der Waals surface area contributed by atoms with E-state index in [2.05, 4.69) is 10.4 Å². The number of nitrogens with zero attached hydrogens (tertiary/aromatic N) is 2. The fraction of sp³-hybridized carbons (Fsp3) is 0.143. The van der Waals surface area contributed by atoms with E-state index < -0.39 is 0 Å². The van der Waals surface area contributed by atoms with Gasteiger partial charge in [-0.3, -0.25) is 9.48 Å². The smallest absolute Gasteiger partial charge is 0.242 e. The highest BCUT2D eigenvalue weighted by Gasteiger charge is 2.06. The van der Waals surface area contributed by atoms with Crippen molar-refractivity contribution in [2.45, 2.75) is 13.1 Å². The summed E-state index contributed by atoms with van der Waals surface area (Å²) in [6.07, 6.45) is 1.83. The summed E-state index contributed by atoms with van der Waals surface area (Å²) >= 11 is 3.27. The molecule has 0 bridgehead atoms. The molecule has 0 fully saturated rings. The third-order valence-corrected chi connectivity index (χ3v) is 4.36. The van der Waals surface area contributed by atoms with Gasteiger partial charge in [-0.15, -0.1) is 11.3 Å². The molecular weight excluding hydrogens is 290 g/mol. The molecule has 102 valence electrons. The molecule has 1 N–H and O–H groups in total. The van der Waals surface area contributed by atoms with Crippen LogP contribution in [0.3, 0.4) is 0 Å². The molecule has 6 heteroatoms. The highest BCUT2D eigenvalue weighted by atomic mass is 32.1. The summed E-state index contributed by atoms with van der Waals surface area (Å²) in [5, 5.41) is 13.4. The van der Waals surface area contributed by atoms with Crippen molar-refractivity contribution in [2.75, 3.05) is 0 Å². The van der Waals surface area contributed by atoms with Crippen molar-refractivity contribution in [1.29, 1.82) is 0 Å². The molecule has 0 saturated heterocycles. The van der Waals surface area contributed by atoms with Crippen LogP contribution in [0.2, 0.25) is 0 Å². The highest BCUT2D eigenvalue weighted by molar-refractivity contribution is 7.09. The Labute approximate surface area is 124 Å². The van der Waals surface area contributed by atoms with Gasteiger partial charge in [-0.2, -0.15) is 16.4 Å². The van der Waals surface area contributed by atoms with E-state index in [1.807, 2.05) is 46.6 Å². The number of rotatable bonds is 5. The van der Waals surface area contributed by atoms with Gasteiger partial charge in [0, 0.05) is 22.0 Å². The predicted molar refractivity (Wildman–Crippen MR) is 81.7 cm³/mol. The van der Waals surface area contributed by atoms with E-state index in [9.17, 15) is 4.79 Å². The molecule has 0 aliphatic heterocycles. The van der Waals surface area contributed by atoms with Crippen LogP contribution in [-0.2, 0) is 17.9 Å². The molecule has 20 heavy (non-hydrogen) atoms. The Hall–Kier alpha value is -1.92. The van der Waals surface area contributed by atoms with Gasteiger partial charge >= 0.3 is 0 Å². The molecule has 0 unspecified atom stereocenters. The van der Waals surface area contributed by atoms with Crippen molar-refractivity contribution in [3.63, 3.8) is 0 Å². The average molecular weight is 303 g/mol. The molecule has 3 rings (SSSR count). The van der Waals surface area contributed by atoms with Crippen molar-refractivity contribution < 1.29 is 4.79 Å². The van der Waals surface area contributed by atoms with Gasteiger partial charge in [0.1, 0.15) is 6.54 Å². The van der Waals surface area contributed by atoms with E-state index in [1.165, 1.54) is 0 Å². The Morgan fingerprint density at radius 1 is 1.30 bits per heavy atom. The Bertz CT molecular complexity index is 671. The Balaban J connectivity index is 1.56.